The molecule has 64 valence electrons. The predicted octanol–water partition coefficient (Wildman–Crippen LogP) is 4.04. The van der Waals surface area contributed by atoms with E-state index in [9.17, 15) is 0 Å². The minimum atomic E-state index is 1.06. The first-order chi connectivity index (χ1) is 5.66. The maximum atomic E-state index is 3.96. The second kappa shape index (κ2) is 3.90. The summed E-state index contributed by atoms with van der Waals surface area (Å²) >= 11 is 3.53. The summed E-state index contributed by atoms with van der Waals surface area (Å²) in [4.78, 5) is 0. The minimum absolute atomic E-state index is 1.06. The molecule has 0 radical (unpaired) electrons. The first-order valence-corrected chi connectivity index (χ1v) is 4.89. The van der Waals surface area contributed by atoms with Gasteiger partial charge in [-0.05, 0) is 36.1 Å². The minimum Gasteiger partial charge on any atom is -0.0955 e. The Kier molecular flexibility index (Phi) is 3.10. The molecule has 0 aliphatic carbocycles. The molecule has 0 heterocycles. The standard InChI is InChI=1S/C11H13Br/c1-4-9-6-5-7-10(12)11(9)8(2)3/h5-7H,2,4H2,1,3H3. The van der Waals surface area contributed by atoms with Gasteiger partial charge in [-0.25, -0.2) is 0 Å². The third kappa shape index (κ3) is 1.78. The topological polar surface area (TPSA) is 0 Å². The van der Waals surface area contributed by atoms with Crippen LogP contribution < -0.4 is 0 Å². The number of allylic oxidation sites excluding steroid dienone is 1. The van der Waals surface area contributed by atoms with E-state index in [0.717, 1.165) is 16.5 Å². The molecule has 0 saturated heterocycles. The molecule has 0 unspecified atom stereocenters. The van der Waals surface area contributed by atoms with E-state index in [4.69, 9.17) is 0 Å². The van der Waals surface area contributed by atoms with Crippen molar-refractivity contribution >= 4 is 21.5 Å². The van der Waals surface area contributed by atoms with E-state index in [1.165, 1.54) is 11.1 Å². The fourth-order valence-corrected chi connectivity index (χ4v) is 2.09. The lowest BCUT2D eigenvalue weighted by Crippen LogP contribution is -1.90. The number of hydrogen-bond acceptors (Lipinski definition) is 0. The van der Waals surface area contributed by atoms with Gasteiger partial charge in [0.05, 0.1) is 0 Å². The van der Waals surface area contributed by atoms with Crippen molar-refractivity contribution in [3.05, 3.63) is 40.4 Å². The van der Waals surface area contributed by atoms with Gasteiger partial charge in [-0.2, -0.15) is 0 Å². The molecule has 0 aliphatic heterocycles. The molecular formula is C11H13Br. The van der Waals surface area contributed by atoms with Crippen LogP contribution in [0, 0.1) is 0 Å². The largest absolute Gasteiger partial charge is 0.0955 e. The van der Waals surface area contributed by atoms with Gasteiger partial charge in [0.25, 0.3) is 0 Å². The van der Waals surface area contributed by atoms with Gasteiger partial charge in [-0.15, -0.1) is 0 Å². The molecule has 0 aromatic heterocycles. The van der Waals surface area contributed by atoms with E-state index >= 15 is 0 Å². The Morgan fingerprint density at radius 2 is 2.17 bits per heavy atom. The fraction of sp³-hybridized carbons (Fsp3) is 0.273. The molecule has 12 heavy (non-hydrogen) atoms. The molecule has 0 saturated carbocycles. The van der Waals surface area contributed by atoms with Crippen LogP contribution >= 0.6 is 15.9 Å². The van der Waals surface area contributed by atoms with Crippen LogP contribution in [0.3, 0.4) is 0 Å². The summed E-state index contributed by atoms with van der Waals surface area (Å²) in [5.41, 5.74) is 3.75. The summed E-state index contributed by atoms with van der Waals surface area (Å²) in [5.74, 6) is 0. The van der Waals surface area contributed by atoms with Crippen LogP contribution in [0.15, 0.2) is 29.3 Å². The molecule has 1 aromatic rings. The van der Waals surface area contributed by atoms with Gasteiger partial charge < -0.3 is 0 Å². The van der Waals surface area contributed by atoms with Crippen molar-refractivity contribution in [2.24, 2.45) is 0 Å². The summed E-state index contributed by atoms with van der Waals surface area (Å²) in [7, 11) is 0. The van der Waals surface area contributed by atoms with Gasteiger partial charge in [0.15, 0.2) is 0 Å². The average Bonchev–Trinajstić information content (AvgIpc) is 2.03. The molecule has 0 N–H and O–H groups in total. The lowest BCUT2D eigenvalue weighted by atomic mass is 10.0. The molecule has 1 aromatic carbocycles. The Bertz CT molecular complexity index is 300. The number of rotatable bonds is 2. The SMILES string of the molecule is C=C(C)c1c(Br)cccc1CC. The van der Waals surface area contributed by atoms with Crippen LogP contribution in [0.2, 0.25) is 0 Å². The Balaban J connectivity index is 3.29. The molecule has 0 atom stereocenters. The molecule has 0 nitrogen and oxygen atoms in total. The Morgan fingerprint density at radius 1 is 1.50 bits per heavy atom. The summed E-state index contributed by atoms with van der Waals surface area (Å²) in [6, 6.07) is 6.27. The molecule has 0 aliphatic rings. The Labute approximate surface area is 82.4 Å². The fourth-order valence-electron chi connectivity index (χ4n) is 1.34. The smallest absolute Gasteiger partial charge is 0.0252 e. The summed E-state index contributed by atoms with van der Waals surface area (Å²) < 4.78 is 1.15. The first kappa shape index (κ1) is 9.53. The van der Waals surface area contributed by atoms with Crippen molar-refractivity contribution < 1.29 is 0 Å². The normalized spacial score (nSPS) is 9.92. The lowest BCUT2D eigenvalue weighted by Gasteiger charge is -2.08. The van der Waals surface area contributed by atoms with Crippen LogP contribution in [0.25, 0.3) is 5.57 Å². The monoisotopic (exact) mass is 224 g/mol. The van der Waals surface area contributed by atoms with E-state index in [0.29, 0.717) is 0 Å². The van der Waals surface area contributed by atoms with Gasteiger partial charge in [0.2, 0.25) is 0 Å². The zero-order valence-electron chi connectivity index (χ0n) is 7.52. The lowest BCUT2D eigenvalue weighted by molar-refractivity contribution is 1.12. The predicted molar refractivity (Wildman–Crippen MR) is 58.2 cm³/mol. The van der Waals surface area contributed by atoms with E-state index in [-0.39, 0.29) is 0 Å². The van der Waals surface area contributed by atoms with Crippen LogP contribution in [-0.4, -0.2) is 0 Å². The molecule has 1 rings (SSSR count). The maximum absolute atomic E-state index is 3.96. The zero-order chi connectivity index (χ0) is 9.14. The average molecular weight is 225 g/mol. The summed E-state index contributed by atoms with van der Waals surface area (Å²) in [6.45, 7) is 8.17. The van der Waals surface area contributed by atoms with E-state index in [1.54, 1.807) is 0 Å². The first-order valence-electron chi connectivity index (χ1n) is 4.10. The highest BCUT2D eigenvalue weighted by Gasteiger charge is 2.04. The van der Waals surface area contributed by atoms with Crippen molar-refractivity contribution in [3.63, 3.8) is 0 Å². The van der Waals surface area contributed by atoms with E-state index in [1.807, 2.05) is 6.92 Å². The highest BCUT2D eigenvalue weighted by atomic mass is 79.9. The van der Waals surface area contributed by atoms with Gasteiger partial charge in [-0.1, -0.05) is 41.6 Å². The quantitative estimate of drug-likeness (QED) is 0.712. The number of halogens is 1. The molecule has 0 amide bonds. The van der Waals surface area contributed by atoms with Crippen LogP contribution in [0.4, 0.5) is 0 Å². The van der Waals surface area contributed by atoms with Gasteiger partial charge in [0.1, 0.15) is 0 Å². The molecule has 1 heteroatoms. The molecule has 0 bridgehead atoms. The third-order valence-electron chi connectivity index (χ3n) is 1.91. The van der Waals surface area contributed by atoms with Gasteiger partial charge in [-0.3, -0.25) is 0 Å². The van der Waals surface area contributed by atoms with Crippen molar-refractivity contribution in [1.29, 1.82) is 0 Å². The Hall–Kier alpha value is -0.560. The van der Waals surface area contributed by atoms with Crippen LogP contribution in [-0.2, 0) is 6.42 Å². The van der Waals surface area contributed by atoms with E-state index < -0.39 is 0 Å². The van der Waals surface area contributed by atoms with Gasteiger partial charge in [0, 0.05) is 4.47 Å². The van der Waals surface area contributed by atoms with Crippen LogP contribution in [0.5, 0.6) is 0 Å². The summed E-state index contributed by atoms with van der Waals surface area (Å²) in [6.07, 6.45) is 1.06. The third-order valence-corrected chi connectivity index (χ3v) is 2.57. The number of hydrogen-bond donors (Lipinski definition) is 0. The summed E-state index contributed by atoms with van der Waals surface area (Å²) in [5, 5.41) is 0. The second-order valence-corrected chi connectivity index (χ2v) is 3.76. The number of aryl methyl sites for hydroxylation is 1. The van der Waals surface area contributed by atoms with Crippen molar-refractivity contribution in [2.45, 2.75) is 20.3 Å². The second-order valence-electron chi connectivity index (χ2n) is 2.91. The number of benzene rings is 1. The molecule has 0 fully saturated rings. The highest BCUT2D eigenvalue weighted by Crippen LogP contribution is 2.26. The highest BCUT2D eigenvalue weighted by molar-refractivity contribution is 9.10. The molecule has 0 spiro atoms. The zero-order valence-corrected chi connectivity index (χ0v) is 9.11. The maximum Gasteiger partial charge on any atom is 0.0252 e. The molecular weight excluding hydrogens is 212 g/mol. The van der Waals surface area contributed by atoms with Crippen LogP contribution in [0.1, 0.15) is 25.0 Å². The van der Waals surface area contributed by atoms with Crippen molar-refractivity contribution in [3.8, 4) is 0 Å². The van der Waals surface area contributed by atoms with E-state index in [2.05, 4.69) is 47.6 Å². The van der Waals surface area contributed by atoms with Crippen molar-refractivity contribution in [2.75, 3.05) is 0 Å². The van der Waals surface area contributed by atoms with Crippen molar-refractivity contribution in [1.82, 2.24) is 0 Å². The van der Waals surface area contributed by atoms with Gasteiger partial charge >= 0.3 is 0 Å². The Morgan fingerprint density at radius 3 is 2.58 bits per heavy atom.